The minimum absolute atomic E-state index is 0. The number of rotatable bonds is 1. The van der Waals surface area contributed by atoms with Crippen LogP contribution in [0.5, 0.6) is 0 Å². The lowest BCUT2D eigenvalue weighted by Crippen LogP contribution is -2.52. The summed E-state index contributed by atoms with van der Waals surface area (Å²) in [5.41, 5.74) is 0.0463. The molecule has 0 aromatic rings. The van der Waals surface area contributed by atoms with Gasteiger partial charge in [-0.05, 0) is 6.08 Å². The molecule has 0 aromatic carbocycles. The van der Waals surface area contributed by atoms with Crippen LogP contribution in [-0.2, 0) is 9.59 Å². The molecule has 0 spiro atoms. The second kappa shape index (κ2) is 4.92. The van der Waals surface area contributed by atoms with Crippen LogP contribution in [-0.4, -0.2) is 27.3 Å². The number of halogens is 2. The van der Waals surface area contributed by atoms with Gasteiger partial charge in [0.1, 0.15) is 5.70 Å². The van der Waals surface area contributed by atoms with Crippen molar-refractivity contribution in [2.24, 2.45) is 0 Å². The summed E-state index contributed by atoms with van der Waals surface area (Å²) in [7, 11) is 0. The quantitative estimate of drug-likeness (QED) is 0.735. The van der Waals surface area contributed by atoms with Crippen LogP contribution in [0, 0.1) is 0 Å². The van der Waals surface area contributed by atoms with Gasteiger partial charge >= 0.3 is 5.97 Å². The van der Waals surface area contributed by atoms with Gasteiger partial charge in [0.15, 0.2) is 0 Å². The van der Waals surface area contributed by atoms with Gasteiger partial charge in [0.05, 0.1) is 11.8 Å². The van der Waals surface area contributed by atoms with Gasteiger partial charge in [0, 0.05) is 4.91 Å². The van der Waals surface area contributed by atoms with Gasteiger partial charge in [-0.1, -0.05) is 6.58 Å². The first-order valence-corrected chi connectivity index (χ1v) is 4.60. The number of nitrogens with zero attached hydrogens (tertiary/aromatic N) is 1. The summed E-state index contributed by atoms with van der Waals surface area (Å²) in [6.07, 6.45) is 1.84. The van der Waals surface area contributed by atoms with Crippen LogP contribution in [0.2, 0.25) is 0 Å². The number of fused-ring (bicyclic) bond motifs is 1. The molecule has 2 rings (SSSR count). The molecule has 15 heavy (non-hydrogen) atoms. The smallest absolute Gasteiger partial charge is 0.352 e. The van der Waals surface area contributed by atoms with E-state index in [0.717, 1.165) is 0 Å². The van der Waals surface area contributed by atoms with Crippen molar-refractivity contribution in [1.82, 2.24) is 4.90 Å². The van der Waals surface area contributed by atoms with Crippen LogP contribution in [0.25, 0.3) is 0 Å². The summed E-state index contributed by atoms with van der Waals surface area (Å²) in [6.45, 7) is 3.68. The number of hydrogen-bond acceptors (Lipinski definition) is 3. The fourth-order valence-electron chi connectivity index (χ4n) is 1.37. The maximum absolute atomic E-state index is 11.1. The minimum atomic E-state index is -1.07. The summed E-state index contributed by atoms with van der Waals surface area (Å²) < 4.78 is 0. The normalized spacial score (nSPS) is 22.8. The number of carboxylic acid groups (broad SMARTS) is 1. The first-order chi connectivity index (χ1) is 6.09. The van der Waals surface area contributed by atoms with Crippen molar-refractivity contribution in [1.29, 1.82) is 0 Å². The topological polar surface area (TPSA) is 57.6 Å². The number of hydrogen-bond donors (Lipinski definition) is 1. The van der Waals surface area contributed by atoms with E-state index in [1.165, 1.54) is 22.7 Å². The van der Waals surface area contributed by atoms with E-state index in [1.54, 1.807) is 0 Å². The van der Waals surface area contributed by atoms with Crippen molar-refractivity contribution in [3.05, 3.63) is 23.3 Å². The number of thioether (sulfide) groups is 1. The number of carbonyl (C=O) groups is 2. The van der Waals surface area contributed by atoms with E-state index in [4.69, 9.17) is 5.11 Å². The van der Waals surface area contributed by atoms with Crippen molar-refractivity contribution >= 4 is 48.5 Å². The predicted octanol–water partition coefficient (Wildman–Crippen LogP) is 1.62. The molecule has 0 aromatic heterocycles. The van der Waals surface area contributed by atoms with Gasteiger partial charge in [-0.25, -0.2) is 4.79 Å². The highest BCUT2D eigenvalue weighted by Gasteiger charge is 2.43. The van der Waals surface area contributed by atoms with Gasteiger partial charge in [-0.3, -0.25) is 9.69 Å². The van der Waals surface area contributed by atoms with E-state index in [-0.39, 0.29) is 41.8 Å². The molecular formula is C8H9Cl2NO3S. The highest BCUT2D eigenvalue weighted by atomic mass is 35.5. The van der Waals surface area contributed by atoms with Crippen LogP contribution in [0.4, 0.5) is 0 Å². The average molecular weight is 270 g/mol. The van der Waals surface area contributed by atoms with Crippen LogP contribution < -0.4 is 0 Å². The van der Waals surface area contributed by atoms with E-state index in [2.05, 4.69) is 6.58 Å². The molecule has 2 aliphatic heterocycles. The highest BCUT2D eigenvalue weighted by molar-refractivity contribution is 8.04. The number of aliphatic carboxylic acids is 1. The van der Waals surface area contributed by atoms with Crippen molar-refractivity contribution in [3.63, 3.8) is 0 Å². The average Bonchev–Trinajstić information content (AvgIpc) is 2.01. The Labute approximate surface area is 103 Å². The van der Waals surface area contributed by atoms with Gasteiger partial charge in [0.2, 0.25) is 5.91 Å². The zero-order valence-corrected chi connectivity index (χ0v) is 9.95. The maximum Gasteiger partial charge on any atom is 0.352 e. The van der Waals surface area contributed by atoms with E-state index in [1.807, 2.05) is 0 Å². The molecule has 4 nitrogen and oxygen atoms in total. The molecule has 0 bridgehead atoms. The van der Waals surface area contributed by atoms with Gasteiger partial charge in [-0.15, -0.1) is 36.6 Å². The third kappa shape index (κ3) is 2.30. The predicted molar refractivity (Wildman–Crippen MR) is 62.2 cm³/mol. The Hall–Kier alpha value is -0.650. The van der Waals surface area contributed by atoms with Crippen LogP contribution >= 0.6 is 36.6 Å². The van der Waals surface area contributed by atoms with Crippen molar-refractivity contribution in [3.8, 4) is 0 Å². The molecule has 7 heteroatoms. The van der Waals surface area contributed by atoms with Gasteiger partial charge in [-0.2, -0.15) is 0 Å². The number of β-lactam (4-membered cyclic amide) rings is 1. The summed E-state index contributed by atoms with van der Waals surface area (Å²) in [5.74, 6) is -1.20. The number of carbonyl (C=O) groups excluding carboxylic acids is 1. The Bertz CT molecular complexity index is 356. The summed E-state index contributed by atoms with van der Waals surface area (Å²) >= 11 is 1.43. The van der Waals surface area contributed by atoms with E-state index in [0.29, 0.717) is 11.3 Å². The minimum Gasteiger partial charge on any atom is -0.477 e. The molecule has 1 atom stereocenters. The molecule has 2 aliphatic rings. The fraction of sp³-hybridized carbons (Fsp3) is 0.250. The monoisotopic (exact) mass is 269 g/mol. The largest absolute Gasteiger partial charge is 0.477 e. The third-order valence-corrected chi connectivity index (χ3v) is 3.04. The standard InChI is InChI=1S/C8H7NO3S.2ClH/c1-4-2-5(8(11)12)9-6(10)3-7(9)13-4;;/h2,7H,1,3H2,(H,11,12);2*1H. The molecule has 0 radical (unpaired) electrons. The van der Waals surface area contributed by atoms with Crippen LogP contribution in [0.3, 0.4) is 0 Å². The molecule has 1 unspecified atom stereocenters. The molecule has 0 aliphatic carbocycles. The summed E-state index contributed by atoms with van der Waals surface area (Å²) in [4.78, 5) is 23.8. The molecule has 1 amide bonds. The molecule has 2 heterocycles. The SMILES string of the molecule is C=C1C=C(C(=O)O)N2C(=O)CC2S1.Cl.Cl. The molecule has 1 N–H and O–H groups in total. The fourth-order valence-corrected chi connectivity index (χ4v) is 2.46. The van der Waals surface area contributed by atoms with Crippen LogP contribution in [0.15, 0.2) is 23.3 Å². The zero-order valence-electron chi connectivity index (χ0n) is 7.50. The second-order valence-corrected chi connectivity index (χ2v) is 4.15. The number of allylic oxidation sites excluding steroid dienone is 1. The van der Waals surface area contributed by atoms with Gasteiger partial charge in [0.25, 0.3) is 0 Å². The Morgan fingerprint density at radius 2 is 2.20 bits per heavy atom. The summed E-state index contributed by atoms with van der Waals surface area (Å²) in [6, 6.07) is 0. The third-order valence-electron chi connectivity index (χ3n) is 1.97. The summed E-state index contributed by atoms with van der Waals surface area (Å²) in [5, 5.41) is 8.74. The lowest BCUT2D eigenvalue weighted by molar-refractivity contribution is -0.145. The lowest BCUT2D eigenvalue weighted by Gasteiger charge is -2.42. The first kappa shape index (κ1) is 14.3. The Morgan fingerprint density at radius 3 is 2.67 bits per heavy atom. The number of amides is 1. The van der Waals surface area contributed by atoms with Crippen molar-refractivity contribution in [2.45, 2.75) is 11.8 Å². The van der Waals surface area contributed by atoms with E-state index < -0.39 is 5.97 Å². The first-order valence-electron chi connectivity index (χ1n) is 3.72. The Kier molecular flexibility index (Phi) is 4.70. The molecule has 84 valence electrons. The Morgan fingerprint density at radius 1 is 1.60 bits per heavy atom. The van der Waals surface area contributed by atoms with Crippen LogP contribution in [0.1, 0.15) is 6.42 Å². The molecule has 1 saturated heterocycles. The molecule has 0 saturated carbocycles. The zero-order chi connectivity index (χ0) is 9.59. The maximum atomic E-state index is 11.1. The van der Waals surface area contributed by atoms with Gasteiger partial charge < -0.3 is 5.11 Å². The lowest BCUT2D eigenvalue weighted by atomic mass is 10.1. The molecule has 1 fully saturated rings. The van der Waals surface area contributed by atoms with E-state index in [9.17, 15) is 9.59 Å². The second-order valence-electron chi connectivity index (χ2n) is 2.84. The molecular weight excluding hydrogens is 261 g/mol. The van der Waals surface area contributed by atoms with E-state index >= 15 is 0 Å². The van der Waals surface area contributed by atoms with Crippen molar-refractivity contribution in [2.75, 3.05) is 0 Å². The Balaban J connectivity index is 0.000000980. The highest BCUT2D eigenvalue weighted by Crippen LogP contribution is 2.41. The van der Waals surface area contributed by atoms with Crippen molar-refractivity contribution < 1.29 is 14.7 Å². The number of carboxylic acids is 1.